The molecule has 5 N–H and O–H groups in total. The molecule has 2 aliphatic rings. The molecule has 4 aromatic rings. The first-order chi connectivity index (χ1) is 18.9. The first-order valence-electron chi connectivity index (χ1n) is 13.1. The van der Waals surface area contributed by atoms with Gasteiger partial charge in [-0.3, -0.25) is 9.59 Å². The number of aryl methyl sites for hydroxylation is 1. The molecule has 0 saturated carbocycles. The minimum atomic E-state index is -1.10. The molecule has 206 valence electrons. The number of nitrogens with one attached hydrogen (secondary N) is 2. The van der Waals surface area contributed by atoms with Crippen LogP contribution in [-0.2, 0) is 17.8 Å². The quantitative estimate of drug-likeness (QED) is 0.256. The molecule has 0 radical (unpaired) electrons. The molecule has 0 spiro atoms. The predicted octanol–water partition coefficient (Wildman–Crippen LogP) is 4.53. The van der Waals surface area contributed by atoms with E-state index in [1.807, 2.05) is 48.7 Å². The third-order valence-corrected chi connectivity index (χ3v) is 7.94. The summed E-state index contributed by atoms with van der Waals surface area (Å²) >= 11 is 0. The van der Waals surface area contributed by atoms with Crippen LogP contribution < -0.4 is 11.1 Å². The summed E-state index contributed by atoms with van der Waals surface area (Å²) in [7, 11) is 0. The van der Waals surface area contributed by atoms with Crippen molar-refractivity contribution in [3.05, 3.63) is 89.6 Å². The smallest absolute Gasteiger partial charge is 0.404 e. The molecule has 3 atom stereocenters. The Labute approximate surface area is 237 Å². The van der Waals surface area contributed by atoms with Gasteiger partial charge in [-0.25, -0.2) is 9.78 Å². The van der Waals surface area contributed by atoms with E-state index in [0.717, 1.165) is 45.9 Å². The van der Waals surface area contributed by atoms with Crippen molar-refractivity contribution in [1.82, 2.24) is 19.9 Å². The first kappa shape index (κ1) is 27.4. The van der Waals surface area contributed by atoms with Crippen LogP contribution in [0.4, 0.5) is 4.79 Å². The number of carboxylic acid groups (broad SMARTS) is 1. The summed E-state index contributed by atoms with van der Waals surface area (Å²) in [5, 5.41) is 11.9. The molecule has 1 aliphatic carbocycles. The van der Waals surface area contributed by atoms with Gasteiger partial charge in [-0.05, 0) is 41.2 Å². The molecular formula is C30H30ClN5O4. The van der Waals surface area contributed by atoms with Gasteiger partial charge >= 0.3 is 6.09 Å². The number of carbonyl (C=O) groups excluding carboxylic acids is 2. The fourth-order valence-corrected chi connectivity index (χ4v) is 5.99. The lowest BCUT2D eigenvalue weighted by molar-refractivity contribution is -0.121. The predicted molar refractivity (Wildman–Crippen MR) is 153 cm³/mol. The van der Waals surface area contributed by atoms with Gasteiger partial charge in [0.05, 0.1) is 24.4 Å². The van der Waals surface area contributed by atoms with E-state index in [-0.39, 0.29) is 42.9 Å². The minimum absolute atomic E-state index is 0. The maximum Gasteiger partial charge on any atom is 0.404 e. The van der Waals surface area contributed by atoms with Crippen molar-refractivity contribution in [3.63, 3.8) is 0 Å². The number of amides is 1. The topological polar surface area (TPSA) is 143 Å². The molecule has 1 unspecified atom stereocenters. The number of rotatable bonds is 6. The van der Waals surface area contributed by atoms with Gasteiger partial charge in [0.25, 0.3) is 0 Å². The molecule has 1 amide bonds. The van der Waals surface area contributed by atoms with Crippen LogP contribution >= 0.6 is 12.4 Å². The molecule has 0 saturated heterocycles. The summed E-state index contributed by atoms with van der Waals surface area (Å²) in [6, 6.07) is 17.1. The van der Waals surface area contributed by atoms with Crippen molar-refractivity contribution < 1.29 is 19.5 Å². The summed E-state index contributed by atoms with van der Waals surface area (Å²) in [5.74, 6) is 0.0722. The van der Waals surface area contributed by atoms with Gasteiger partial charge in [0.15, 0.2) is 5.78 Å². The third kappa shape index (κ3) is 5.05. The number of nitrogens with two attached hydrogens (primary N) is 1. The second-order valence-corrected chi connectivity index (χ2v) is 10.3. The van der Waals surface area contributed by atoms with Crippen molar-refractivity contribution in [2.75, 3.05) is 6.54 Å². The Morgan fingerprint density at radius 1 is 1.05 bits per heavy atom. The molecule has 9 nitrogen and oxygen atoms in total. The van der Waals surface area contributed by atoms with Gasteiger partial charge in [-0.2, -0.15) is 0 Å². The van der Waals surface area contributed by atoms with E-state index in [4.69, 9.17) is 5.73 Å². The number of hydrogen-bond acceptors (Lipinski definition) is 5. The summed E-state index contributed by atoms with van der Waals surface area (Å²) in [5.41, 5.74) is 12.0. The zero-order valence-electron chi connectivity index (χ0n) is 21.7. The van der Waals surface area contributed by atoms with Gasteiger partial charge in [-0.1, -0.05) is 48.5 Å². The van der Waals surface area contributed by atoms with Crippen LogP contribution in [0.25, 0.3) is 22.4 Å². The Morgan fingerprint density at radius 2 is 1.73 bits per heavy atom. The van der Waals surface area contributed by atoms with Crippen LogP contribution in [-0.4, -0.2) is 49.9 Å². The van der Waals surface area contributed by atoms with Gasteiger partial charge in [0, 0.05) is 42.4 Å². The molecule has 40 heavy (non-hydrogen) atoms. The largest absolute Gasteiger partial charge is 0.465 e. The average molecular weight is 560 g/mol. The van der Waals surface area contributed by atoms with E-state index in [2.05, 4.69) is 19.9 Å². The zero-order valence-corrected chi connectivity index (χ0v) is 22.5. The number of H-pyrrole nitrogens is 1. The van der Waals surface area contributed by atoms with Gasteiger partial charge in [-0.15, -0.1) is 12.4 Å². The summed E-state index contributed by atoms with van der Waals surface area (Å²) in [6.07, 6.45) is 4.35. The standard InChI is InChI=1S/C30H29N5O4.ClH/c31-14-26(37)20-7-3-18(4-8-20)17-1-5-19(6-2-17)24-15-32-29(33-24)22-13-25(36)27-23(34-30(38)39)10-9-21-11-12-35(16-22)28(21)27;/h1-8,11-12,15,22-23,27,34H,9-10,13-14,16,31H2,(H,32,33)(H,38,39);1H/t22-,23-,27?;/m0./s1. The van der Waals surface area contributed by atoms with Crippen LogP contribution in [0.2, 0.25) is 0 Å². The lowest BCUT2D eigenvalue weighted by atomic mass is 9.79. The molecule has 2 aromatic carbocycles. The van der Waals surface area contributed by atoms with Crippen molar-refractivity contribution in [2.24, 2.45) is 5.73 Å². The Kier molecular flexibility index (Phi) is 7.60. The molecule has 0 bridgehead atoms. The number of halogens is 1. The van der Waals surface area contributed by atoms with Crippen LogP contribution in [0, 0.1) is 0 Å². The fourth-order valence-electron chi connectivity index (χ4n) is 5.99. The third-order valence-electron chi connectivity index (χ3n) is 7.94. The maximum absolute atomic E-state index is 13.5. The van der Waals surface area contributed by atoms with E-state index in [0.29, 0.717) is 18.5 Å². The van der Waals surface area contributed by atoms with Gasteiger partial charge < -0.3 is 25.7 Å². The molecular weight excluding hydrogens is 530 g/mol. The molecule has 1 aliphatic heterocycles. The number of imidazole rings is 1. The van der Waals surface area contributed by atoms with Crippen LogP contribution in [0.15, 0.2) is 67.0 Å². The van der Waals surface area contributed by atoms with Gasteiger partial charge in [0.1, 0.15) is 11.6 Å². The van der Waals surface area contributed by atoms with E-state index in [9.17, 15) is 19.5 Å². The molecule has 2 aromatic heterocycles. The monoisotopic (exact) mass is 559 g/mol. The van der Waals surface area contributed by atoms with Crippen LogP contribution in [0.3, 0.4) is 0 Å². The van der Waals surface area contributed by atoms with E-state index >= 15 is 0 Å². The number of carbonyl (C=O) groups is 3. The average Bonchev–Trinajstić information content (AvgIpc) is 3.56. The second-order valence-electron chi connectivity index (χ2n) is 10.3. The Bertz CT molecular complexity index is 1560. The Hall–Kier alpha value is -4.21. The molecule has 0 fully saturated rings. The summed E-state index contributed by atoms with van der Waals surface area (Å²) < 4.78 is 2.11. The van der Waals surface area contributed by atoms with Crippen molar-refractivity contribution in [2.45, 2.75) is 43.7 Å². The summed E-state index contributed by atoms with van der Waals surface area (Å²) in [6.45, 7) is 0.595. The number of ketones is 2. The molecule has 6 rings (SSSR count). The minimum Gasteiger partial charge on any atom is -0.465 e. The van der Waals surface area contributed by atoms with Crippen molar-refractivity contribution >= 4 is 30.1 Å². The summed E-state index contributed by atoms with van der Waals surface area (Å²) in [4.78, 5) is 44.7. The van der Waals surface area contributed by atoms with E-state index < -0.39 is 18.1 Å². The maximum atomic E-state index is 13.5. The normalized spacial score (nSPS) is 19.7. The second kappa shape index (κ2) is 11.1. The highest BCUT2D eigenvalue weighted by molar-refractivity contribution is 5.97. The van der Waals surface area contributed by atoms with Crippen molar-refractivity contribution in [1.29, 1.82) is 0 Å². The van der Waals surface area contributed by atoms with E-state index in [1.165, 1.54) is 0 Å². The number of aromatic nitrogens is 3. The number of Topliss-reactive ketones (excluding diaryl/α,β-unsaturated/α-hetero) is 2. The molecule has 10 heteroatoms. The lowest BCUT2D eigenvalue weighted by Crippen LogP contribution is -2.44. The Morgan fingerprint density at radius 3 is 2.40 bits per heavy atom. The van der Waals surface area contributed by atoms with Crippen molar-refractivity contribution in [3.8, 4) is 22.4 Å². The van der Waals surface area contributed by atoms with Crippen LogP contribution in [0.1, 0.15) is 52.1 Å². The number of aromatic amines is 1. The van der Waals surface area contributed by atoms with Gasteiger partial charge in [0.2, 0.25) is 0 Å². The number of benzene rings is 2. The fraction of sp³-hybridized carbons (Fsp3) is 0.267. The SMILES string of the molecule is Cl.NCC(=O)c1ccc(-c2ccc(-c3cnc([C@H]4CC(=O)C5c6c(ccn6C4)CC[C@@H]5NC(=O)O)[nH]3)cc2)cc1. The Balaban J connectivity index is 0.00000323. The van der Waals surface area contributed by atoms with Crippen LogP contribution in [0.5, 0.6) is 0 Å². The highest BCUT2D eigenvalue weighted by atomic mass is 35.5. The zero-order chi connectivity index (χ0) is 27.1. The highest BCUT2D eigenvalue weighted by Crippen LogP contribution is 2.40. The lowest BCUT2D eigenvalue weighted by Gasteiger charge is -2.31. The molecule has 3 heterocycles. The number of hydrogen-bond donors (Lipinski definition) is 4. The highest BCUT2D eigenvalue weighted by Gasteiger charge is 2.41. The number of nitrogens with zero attached hydrogens (tertiary/aromatic N) is 2. The van der Waals surface area contributed by atoms with E-state index in [1.54, 1.807) is 18.3 Å². The first-order valence-corrected chi connectivity index (χ1v) is 13.1.